The van der Waals surface area contributed by atoms with Crippen LogP contribution in [-0.2, 0) is 14.3 Å². The quantitative estimate of drug-likeness (QED) is 0.380. The van der Waals surface area contributed by atoms with E-state index in [1.807, 2.05) is 13.0 Å². The zero-order valence-corrected chi connectivity index (χ0v) is 17.3. The molecule has 0 N–H and O–H groups in total. The summed E-state index contributed by atoms with van der Waals surface area (Å²) in [4.78, 5) is 26.9. The molecular formula is C17H19BrN2O5S. The molecular weight excluding hydrogens is 424 g/mol. The van der Waals surface area contributed by atoms with E-state index in [2.05, 4.69) is 20.7 Å². The summed E-state index contributed by atoms with van der Waals surface area (Å²) in [5.41, 5.74) is 1.07. The van der Waals surface area contributed by atoms with Crippen LogP contribution in [0.5, 0.6) is 11.5 Å². The van der Waals surface area contributed by atoms with Gasteiger partial charge in [-0.05, 0) is 58.8 Å². The molecule has 1 heterocycles. The van der Waals surface area contributed by atoms with Gasteiger partial charge in [0.1, 0.15) is 12.2 Å². The van der Waals surface area contributed by atoms with Crippen molar-refractivity contribution < 1.29 is 23.8 Å². The third kappa shape index (κ3) is 3.99. The number of thiocarbonyl (C=S) groups is 1. The number of rotatable bonds is 6. The Balaban J connectivity index is 2.41. The number of amides is 1. The van der Waals surface area contributed by atoms with E-state index in [0.717, 1.165) is 5.56 Å². The maximum absolute atomic E-state index is 12.7. The van der Waals surface area contributed by atoms with E-state index in [1.165, 1.54) is 12.0 Å². The Morgan fingerprint density at radius 2 is 2.04 bits per heavy atom. The number of carbonyl (C=O) groups is 2. The van der Waals surface area contributed by atoms with Crippen molar-refractivity contribution in [2.75, 3.05) is 34.4 Å². The molecule has 0 bridgehead atoms. The molecule has 1 fully saturated rings. The minimum Gasteiger partial charge on any atom is -0.492 e. The summed E-state index contributed by atoms with van der Waals surface area (Å²) in [5, 5.41) is 0.240. The van der Waals surface area contributed by atoms with Gasteiger partial charge in [-0.15, -0.1) is 0 Å². The number of methoxy groups -OCH3 is 2. The lowest BCUT2D eigenvalue weighted by Gasteiger charge is -2.14. The Morgan fingerprint density at radius 1 is 1.35 bits per heavy atom. The van der Waals surface area contributed by atoms with E-state index in [4.69, 9.17) is 21.7 Å². The molecule has 26 heavy (non-hydrogen) atoms. The molecule has 0 atom stereocenters. The lowest BCUT2D eigenvalue weighted by Crippen LogP contribution is -2.36. The summed E-state index contributed by atoms with van der Waals surface area (Å²) >= 11 is 8.70. The number of benzene rings is 1. The number of hydrogen-bond acceptors (Lipinski definition) is 6. The zero-order valence-electron chi connectivity index (χ0n) is 14.9. The van der Waals surface area contributed by atoms with Gasteiger partial charge in [-0.2, -0.15) is 0 Å². The van der Waals surface area contributed by atoms with Crippen LogP contribution < -0.4 is 9.47 Å². The molecule has 0 spiro atoms. The molecule has 1 aromatic carbocycles. The van der Waals surface area contributed by atoms with Crippen LogP contribution in [0.1, 0.15) is 12.5 Å². The van der Waals surface area contributed by atoms with Crippen LogP contribution in [0.25, 0.3) is 6.08 Å². The van der Waals surface area contributed by atoms with Crippen LogP contribution in [0.15, 0.2) is 22.3 Å². The molecule has 9 heteroatoms. The summed E-state index contributed by atoms with van der Waals surface area (Å²) in [6.45, 7) is 2.11. The first-order valence-electron chi connectivity index (χ1n) is 7.72. The summed E-state index contributed by atoms with van der Waals surface area (Å²) in [6.07, 6.45) is 1.68. The Morgan fingerprint density at radius 3 is 2.62 bits per heavy atom. The summed E-state index contributed by atoms with van der Waals surface area (Å²) in [5.74, 6) is 0.218. The Hall–Kier alpha value is -2.13. The highest BCUT2D eigenvalue weighted by Gasteiger charge is 2.37. The molecule has 0 saturated carbocycles. The van der Waals surface area contributed by atoms with Gasteiger partial charge in [0.25, 0.3) is 5.91 Å². The van der Waals surface area contributed by atoms with Gasteiger partial charge >= 0.3 is 5.97 Å². The first-order valence-corrected chi connectivity index (χ1v) is 8.92. The van der Waals surface area contributed by atoms with Gasteiger partial charge in [0.15, 0.2) is 16.6 Å². The summed E-state index contributed by atoms with van der Waals surface area (Å²) < 4.78 is 16.2. The smallest absolute Gasteiger partial charge is 0.325 e. The molecule has 1 amide bonds. The van der Waals surface area contributed by atoms with Gasteiger partial charge in [-0.3, -0.25) is 14.5 Å². The lowest BCUT2D eigenvalue weighted by atomic mass is 10.1. The lowest BCUT2D eigenvalue weighted by molar-refractivity contribution is -0.143. The van der Waals surface area contributed by atoms with Crippen LogP contribution in [-0.4, -0.2) is 61.2 Å². The second kappa shape index (κ2) is 8.50. The predicted molar refractivity (Wildman–Crippen MR) is 104 cm³/mol. The number of hydrogen-bond donors (Lipinski definition) is 0. The van der Waals surface area contributed by atoms with Crippen molar-refractivity contribution >= 4 is 51.2 Å². The molecule has 0 aliphatic carbocycles. The van der Waals surface area contributed by atoms with Gasteiger partial charge in [0.05, 0.1) is 25.3 Å². The van der Waals surface area contributed by atoms with Crippen molar-refractivity contribution in [1.29, 1.82) is 0 Å². The standard InChI is InChI=1S/C17H19BrN2O5S/c1-5-25-13-8-10(6-11(18)15(13)24-4)7-12-16(22)20(9-14(21)23-3)17(26)19(12)2/h6-8H,5,9H2,1-4H3/b12-7-. The topological polar surface area (TPSA) is 68.3 Å². The minimum atomic E-state index is -0.541. The second-order valence-corrected chi connectivity index (χ2v) is 6.53. The monoisotopic (exact) mass is 442 g/mol. The molecule has 1 saturated heterocycles. The molecule has 0 unspecified atom stereocenters. The predicted octanol–water partition coefficient (Wildman–Crippen LogP) is 2.43. The van der Waals surface area contributed by atoms with Crippen molar-refractivity contribution in [3.63, 3.8) is 0 Å². The van der Waals surface area contributed by atoms with Gasteiger partial charge in [-0.25, -0.2) is 0 Å². The highest BCUT2D eigenvalue weighted by atomic mass is 79.9. The van der Waals surface area contributed by atoms with E-state index in [0.29, 0.717) is 28.3 Å². The van der Waals surface area contributed by atoms with E-state index in [1.54, 1.807) is 31.2 Å². The van der Waals surface area contributed by atoms with Crippen LogP contribution in [0.2, 0.25) is 0 Å². The fraction of sp³-hybridized carbons (Fsp3) is 0.353. The van der Waals surface area contributed by atoms with Gasteiger partial charge in [-0.1, -0.05) is 0 Å². The van der Waals surface area contributed by atoms with Crippen molar-refractivity contribution in [3.05, 3.63) is 27.9 Å². The van der Waals surface area contributed by atoms with Gasteiger partial charge < -0.3 is 19.1 Å². The van der Waals surface area contributed by atoms with Gasteiger partial charge in [0, 0.05) is 7.05 Å². The second-order valence-electron chi connectivity index (χ2n) is 5.31. The highest BCUT2D eigenvalue weighted by Crippen LogP contribution is 2.37. The third-order valence-electron chi connectivity index (χ3n) is 3.70. The van der Waals surface area contributed by atoms with Crippen LogP contribution in [0.4, 0.5) is 0 Å². The average molecular weight is 443 g/mol. The van der Waals surface area contributed by atoms with Crippen molar-refractivity contribution in [2.45, 2.75) is 6.92 Å². The van der Waals surface area contributed by atoms with E-state index < -0.39 is 5.97 Å². The fourth-order valence-corrected chi connectivity index (χ4v) is 3.30. The normalized spacial score (nSPS) is 15.7. The molecule has 1 aromatic rings. The SMILES string of the molecule is CCOc1cc(/C=C2/C(=O)N(CC(=O)OC)C(=S)N2C)cc(Br)c1OC. The minimum absolute atomic E-state index is 0.230. The van der Waals surface area contributed by atoms with Crippen molar-refractivity contribution in [2.24, 2.45) is 0 Å². The number of likely N-dealkylation sites (N-methyl/N-ethyl adjacent to an activating group) is 1. The highest BCUT2D eigenvalue weighted by molar-refractivity contribution is 9.10. The first kappa shape index (κ1) is 20.2. The van der Waals surface area contributed by atoms with Crippen molar-refractivity contribution in [1.82, 2.24) is 9.80 Å². The van der Waals surface area contributed by atoms with E-state index >= 15 is 0 Å². The number of carbonyl (C=O) groups excluding carboxylic acids is 2. The molecule has 0 aromatic heterocycles. The van der Waals surface area contributed by atoms with Crippen molar-refractivity contribution in [3.8, 4) is 11.5 Å². The first-order chi connectivity index (χ1) is 12.3. The number of nitrogens with zero attached hydrogens (tertiary/aromatic N) is 2. The molecule has 7 nitrogen and oxygen atoms in total. The molecule has 140 valence electrons. The van der Waals surface area contributed by atoms with Gasteiger partial charge in [0.2, 0.25) is 0 Å². The fourth-order valence-electron chi connectivity index (χ4n) is 2.43. The zero-order chi connectivity index (χ0) is 19.4. The molecule has 1 aliphatic rings. The number of halogens is 1. The summed E-state index contributed by atoms with van der Waals surface area (Å²) in [6, 6.07) is 3.58. The average Bonchev–Trinajstić information content (AvgIpc) is 2.80. The maximum Gasteiger partial charge on any atom is 0.325 e. The van der Waals surface area contributed by atoms with Crippen LogP contribution in [0, 0.1) is 0 Å². The largest absolute Gasteiger partial charge is 0.492 e. The summed E-state index contributed by atoms with van der Waals surface area (Å²) in [7, 11) is 4.49. The molecule has 2 rings (SSSR count). The Labute approximate surface area is 165 Å². The number of esters is 1. The maximum atomic E-state index is 12.7. The Kier molecular flexibility index (Phi) is 6.60. The van der Waals surface area contributed by atoms with E-state index in [-0.39, 0.29) is 17.6 Å². The van der Waals surface area contributed by atoms with Crippen LogP contribution >= 0.6 is 28.1 Å². The molecule has 1 aliphatic heterocycles. The number of ether oxygens (including phenoxy) is 3. The van der Waals surface area contributed by atoms with Crippen LogP contribution in [0.3, 0.4) is 0 Å². The Bertz CT molecular complexity index is 781. The third-order valence-corrected chi connectivity index (χ3v) is 4.78. The van der Waals surface area contributed by atoms with E-state index in [9.17, 15) is 9.59 Å². The molecule has 0 radical (unpaired) electrons.